The quantitative estimate of drug-likeness (QED) is 0.571. The van der Waals surface area contributed by atoms with Gasteiger partial charge in [0.25, 0.3) is 0 Å². The van der Waals surface area contributed by atoms with E-state index in [4.69, 9.17) is 23.1 Å². The highest BCUT2D eigenvalue weighted by Gasteiger charge is 2.07. The Balaban J connectivity index is 3.56. The highest BCUT2D eigenvalue weighted by atomic mass is 32.1. The molecule has 0 radical (unpaired) electrons. The average molecular weight is 176 g/mol. The van der Waals surface area contributed by atoms with Crippen molar-refractivity contribution in [1.82, 2.24) is 4.90 Å². The maximum Gasteiger partial charge on any atom is 0.0768 e. The van der Waals surface area contributed by atoms with Gasteiger partial charge in [-0.05, 0) is 7.05 Å². The maximum atomic E-state index is 8.58. The van der Waals surface area contributed by atoms with Gasteiger partial charge in [0.2, 0.25) is 0 Å². The molecule has 4 heteroatoms. The van der Waals surface area contributed by atoms with Gasteiger partial charge in [0.15, 0.2) is 0 Å². The normalized spacial score (nSPS) is 13.5. The molecule has 1 atom stereocenters. The summed E-state index contributed by atoms with van der Waals surface area (Å²) in [6, 6.07) is 0. The molecule has 1 unspecified atom stereocenters. The molecule has 0 amide bonds. The number of likely N-dealkylation sites (N-methyl/N-ethyl adjacent to an activating group) is 1. The van der Waals surface area contributed by atoms with Gasteiger partial charge < -0.3 is 15.7 Å². The van der Waals surface area contributed by atoms with Crippen molar-refractivity contribution in [2.75, 3.05) is 26.7 Å². The standard InChI is InChI=1S/C7H16N2OS/c1-6(7(8)11)5-9(2)3-4-10/h6,10H,3-5H2,1-2H3,(H2,8,11). The topological polar surface area (TPSA) is 49.5 Å². The second-order valence-corrected chi connectivity index (χ2v) is 3.26. The Morgan fingerprint density at radius 3 is 2.64 bits per heavy atom. The summed E-state index contributed by atoms with van der Waals surface area (Å²) in [5.74, 6) is 0.224. The highest BCUT2D eigenvalue weighted by molar-refractivity contribution is 7.80. The first-order chi connectivity index (χ1) is 5.07. The van der Waals surface area contributed by atoms with E-state index >= 15 is 0 Å². The Bertz CT molecular complexity index is 130. The smallest absolute Gasteiger partial charge is 0.0768 e. The van der Waals surface area contributed by atoms with Crippen LogP contribution in [0.4, 0.5) is 0 Å². The van der Waals surface area contributed by atoms with E-state index < -0.39 is 0 Å². The number of nitrogens with two attached hydrogens (primary N) is 1. The molecule has 0 aromatic rings. The SMILES string of the molecule is CC(CN(C)CCO)C(N)=S. The van der Waals surface area contributed by atoms with Crippen LogP contribution in [0.15, 0.2) is 0 Å². The molecule has 3 nitrogen and oxygen atoms in total. The molecule has 66 valence electrons. The Labute approximate surface area is 73.2 Å². The Morgan fingerprint density at radius 1 is 1.73 bits per heavy atom. The third-order valence-corrected chi connectivity index (χ3v) is 1.96. The van der Waals surface area contributed by atoms with Crippen LogP contribution in [0.3, 0.4) is 0 Å². The first-order valence-electron chi connectivity index (χ1n) is 3.66. The molecule has 0 saturated carbocycles. The van der Waals surface area contributed by atoms with Crippen molar-refractivity contribution in [2.24, 2.45) is 11.7 Å². The summed E-state index contributed by atoms with van der Waals surface area (Å²) >= 11 is 4.81. The fraction of sp³-hybridized carbons (Fsp3) is 0.857. The summed E-state index contributed by atoms with van der Waals surface area (Å²) in [4.78, 5) is 2.54. The predicted molar refractivity (Wildman–Crippen MR) is 50.5 cm³/mol. The van der Waals surface area contributed by atoms with E-state index in [1.54, 1.807) is 0 Å². The van der Waals surface area contributed by atoms with Crippen molar-refractivity contribution in [3.05, 3.63) is 0 Å². The van der Waals surface area contributed by atoms with E-state index in [1.807, 2.05) is 18.9 Å². The second-order valence-electron chi connectivity index (χ2n) is 2.79. The summed E-state index contributed by atoms with van der Waals surface area (Å²) in [5.41, 5.74) is 5.42. The number of nitrogens with zero attached hydrogens (tertiary/aromatic N) is 1. The van der Waals surface area contributed by atoms with Crippen molar-refractivity contribution in [1.29, 1.82) is 0 Å². The molecule has 0 aromatic heterocycles. The Hall–Kier alpha value is -0.190. The van der Waals surface area contributed by atoms with Gasteiger partial charge in [-0.1, -0.05) is 19.1 Å². The number of hydrogen-bond donors (Lipinski definition) is 2. The first-order valence-corrected chi connectivity index (χ1v) is 4.07. The van der Waals surface area contributed by atoms with Gasteiger partial charge in [-0.25, -0.2) is 0 Å². The molecule has 0 aromatic carbocycles. The van der Waals surface area contributed by atoms with Crippen molar-refractivity contribution >= 4 is 17.2 Å². The van der Waals surface area contributed by atoms with Gasteiger partial charge in [0, 0.05) is 19.0 Å². The third kappa shape index (κ3) is 5.12. The van der Waals surface area contributed by atoms with E-state index in [0.29, 0.717) is 11.5 Å². The lowest BCUT2D eigenvalue weighted by Crippen LogP contribution is -2.32. The van der Waals surface area contributed by atoms with Crippen LogP contribution in [0.1, 0.15) is 6.92 Å². The minimum Gasteiger partial charge on any atom is -0.395 e. The molecule has 0 rings (SSSR count). The minimum atomic E-state index is 0.181. The summed E-state index contributed by atoms with van der Waals surface area (Å²) in [7, 11) is 1.94. The minimum absolute atomic E-state index is 0.181. The number of hydrogen-bond acceptors (Lipinski definition) is 3. The molecule has 11 heavy (non-hydrogen) atoms. The lowest BCUT2D eigenvalue weighted by atomic mass is 10.2. The molecular weight excluding hydrogens is 160 g/mol. The van der Waals surface area contributed by atoms with Gasteiger partial charge in [-0.3, -0.25) is 0 Å². The molecule has 0 spiro atoms. The van der Waals surface area contributed by atoms with Gasteiger partial charge in [-0.2, -0.15) is 0 Å². The molecule has 0 bridgehead atoms. The van der Waals surface area contributed by atoms with E-state index in [2.05, 4.69) is 0 Å². The van der Waals surface area contributed by atoms with Crippen LogP contribution in [0.25, 0.3) is 0 Å². The zero-order valence-electron chi connectivity index (χ0n) is 7.08. The fourth-order valence-corrected chi connectivity index (χ4v) is 0.894. The van der Waals surface area contributed by atoms with Gasteiger partial charge in [0.1, 0.15) is 0 Å². The summed E-state index contributed by atoms with van der Waals surface area (Å²) < 4.78 is 0. The highest BCUT2D eigenvalue weighted by Crippen LogP contribution is 1.97. The van der Waals surface area contributed by atoms with Crippen LogP contribution in [0.5, 0.6) is 0 Å². The summed E-state index contributed by atoms with van der Waals surface area (Å²) in [5, 5.41) is 8.58. The van der Waals surface area contributed by atoms with Crippen molar-refractivity contribution < 1.29 is 5.11 Å². The molecule has 0 aliphatic heterocycles. The molecular formula is C7H16N2OS. The average Bonchev–Trinajstić information content (AvgIpc) is 1.87. The first kappa shape index (κ1) is 10.8. The van der Waals surface area contributed by atoms with Crippen LogP contribution >= 0.6 is 12.2 Å². The number of rotatable bonds is 5. The van der Waals surface area contributed by atoms with Crippen LogP contribution < -0.4 is 5.73 Å². The third-order valence-electron chi connectivity index (χ3n) is 1.55. The van der Waals surface area contributed by atoms with Crippen LogP contribution in [-0.2, 0) is 0 Å². The lowest BCUT2D eigenvalue weighted by Gasteiger charge is -2.19. The predicted octanol–water partition coefficient (Wildman–Crippen LogP) is -0.167. The molecule has 0 heterocycles. The van der Waals surface area contributed by atoms with Crippen molar-refractivity contribution in [3.63, 3.8) is 0 Å². The van der Waals surface area contributed by atoms with Gasteiger partial charge in [0.05, 0.1) is 11.6 Å². The van der Waals surface area contributed by atoms with Crippen molar-refractivity contribution in [2.45, 2.75) is 6.92 Å². The van der Waals surface area contributed by atoms with E-state index in [0.717, 1.165) is 6.54 Å². The molecule has 3 N–H and O–H groups in total. The van der Waals surface area contributed by atoms with E-state index in [1.165, 1.54) is 0 Å². The molecule has 0 saturated heterocycles. The number of aliphatic hydroxyl groups is 1. The maximum absolute atomic E-state index is 8.58. The zero-order chi connectivity index (χ0) is 8.85. The molecule has 0 aliphatic carbocycles. The Morgan fingerprint density at radius 2 is 2.27 bits per heavy atom. The monoisotopic (exact) mass is 176 g/mol. The second kappa shape index (κ2) is 5.46. The summed E-state index contributed by atoms with van der Waals surface area (Å²) in [6.45, 7) is 3.65. The lowest BCUT2D eigenvalue weighted by molar-refractivity contribution is 0.215. The Kier molecular flexibility index (Phi) is 5.36. The van der Waals surface area contributed by atoms with Crippen molar-refractivity contribution in [3.8, 4) is 0 Å². The zero-order valence-corrected chi connectivity index (χ0v) is 7.90. The molecule has 0 fully saturated rings. The fourth-order valence-electron chi connectivity index (χ4n) is 0.819. The largest absolute Gasteiger partial charge is 0.395 e. The van der Waals surface area contributed by atoms with Crippen LogP contribution in [-0.4, -0.2) is 41.7 Å². The summed E-state index contributed by atoms with van der Waals surface area (Å²) in [6.07, 6.45) is 0. The van der Waals surface area contributed by atoms with Gasteiger partial charge >= 0.3 is 0 Å². The van der Waals surface area contributed by atoms with E-state index in [-0.39, 0.29) is 12.5 Å². The van der Waals surface area contributed by atoms with Crippen LogP contribution in [0, 0.1) is 5.92 Å². The van der Waals surface area contributed by atoms with Gasteiger partial charge in [-0.15, -0.1) is 0 Å². The molecule has 0 aliphatic rings. The van der Waals surface area contributed by atoms with Crippen LogP contribution in [0.2, 0.25) is 0 Å². The number of thiocarbonyl (C=S) groups is 1. The van der Waals surface area contributed by atoms with E-state index in [9.17, 15) is 0 Å². The number of aliphatic hydroxyl groups excluding tert-OH is 1.